The van der Waals surface area contributed by atoms with Crippen molar-refractivity contribution < 1.29 is 4.79 Å². The van der Waals surface area contributed by atoms with Crippen molar-refractivity contribution in [1.82, 2.24) is 9.99 Å². The molecule has 5 rings (SSSR count). The van der Waals surface area contributed by atoms with Crippen molar-refractivity contribution in [3.8, 4) is 0 Å². The van der Waals surface area contributed by atoms with Crippen molar-refractivity contribution in [1.29, 1.82) is 0 Å². The predicted octanol–water partition coefficient (Wildman–Crippen LogP) is 5.16. The number of aromatic nitrogens is 1. The Hall–Kier alpha value is -3.66. The fraction of sp³-hybridized carbons (Fsp3) is 0.0833. The van der Waals surface area contributed by atoms with Crippen LogP contribution in [0.2, 0.25) is 0 Å². The maximum Gasteiger partial charge on any atom is 0.274 e. The van der Waals surface area contributed by atoms with Gasteiger partial charge in [-0.3, -0.25) is 4.79 Å². The van der Waals surface area contributed by atoms with Crippen LogP contribution in [0.5, 0.6) is 0 Å². The van der Waals surface area contributed by atoms with Crippen LogP contribution in [0.3, 0.4) is 0 Å². The van der Waals surface area contributed by atoms with E-state index in [1.54, 1.807) is 5.01 Å². The lowest BCUT2D eigenvalue weighted by Gasteiger charge is -2.21. The number of nitrogens with zero attached hydrogens (tertiary/aromatic N) is 2. The molecule has 1 atom stereocenters. The summed E-state index contributed by atoms with van der Waals surface area (Å²) >= 11 is 0. The molecule has 28 heavy (non-hydrogen) atoms. The zero-order chi connectivity index (χ0) is 18.9. The van der Waals surface area contributed by atoms with Gasteiger partial charge in [-0.25, -0.2) is 5.01 Å². The molecule has 0 bridgehead atoms. The Labute approximate surface area is 163 Å². The van der Waals surface area contributed by atoms with Crippen molar-refractivity contribution in [2.24, 2.45) is 5.10 Å². The fourth-order valence-corrected chi connectivity index (χ4v) is 3.83. The summed E-state index contributed by atoms with van der Waals surface area (Å²) < 4.78 is 0. The lowest BCUT2D eigenvalue weighted by molar-refractivity contribution is 0.0712. The Morgan fingerprint density at radius 2 is 1.57 bits per heavy atom. The van der Waals surface area contributed by atoms with Crippen molar-refractivity contribution in [3.05, 3.63) is 108 Å². The molecule has 4 aromatic rings. The summed E-state index contributed by atoms with van der Waals surface area (Å²) in [5.41, 5.74) is 4.79. The molecule has 4 nitrogen and oxygen atoms in total. The van der Waals surface area contributed by atoms with Crippen LogP contribution in [-0.2, 0) is 0 Å². The van der Waals surface area contributed by atoms with Crippen LogP contribution < -0.4 is 0 Å². The third-order valence-corrected chi connectivity index (χ3v) is 5.23. The number of rotatable bonds is 3. The van der Waals surface area contributed by atoms with Crippen molar-refractivity contribution in [2.45, 2.75) is 12.5 Å². The van der Waals surface area contributed by atoms with Gasteiger partial charge in [0.25, 0.3) is 5.91 Å². The Morgan fingerprint density at radius 3 is 2.36 bits per heavy atom. The summed E-state index contributed by atoms with van der Waals surface area (Å²) in [6.07, 6.45) is 2.69. The number of fused-ring (bicyclic) bond motifs is 1. The normalized spacial score (nSPS) is 16.4. The van der Waals surface area contributed by atoms with E-state index < -0.39 is 0 Å². The van der Waals surface area contributed by atoms with Gasteiger partial charge in [0.2, 0.25) is 0 Å². The molecule has 1 aliphatic heterocycles. The first-order chi connectivity index (χ1) is 13.8. The summed E-state index contributed by atoms with van der Waals surface area (Å²) in [5, 5.41) is 7.54. The van der Waals surface area contributed by atoms with E-state index in [0.717, 1.165) is 27.7 Å². The molecule has 0 radical (unpaired) electrons. The van der Waals surface area contributed by atoms with Crippen LogP contribution in [0, 0.1) is 0 Å². The molecule has 0 fully saturated rings. The zero-order valence-electron chi connectivity index (χ0n) is 15.2. The standard InChI is InChI=1S/C24H19N3O/c28-24(18-11-5-2-6-12-18)27-23(15-22(26-27)17-9-3-1-4-10-17)20-16-25-21-14-8-7-13-19(20)21/h1-14,16,23,25H,15H2. The second kappa shape index (κ2) is 6.82. The average molecular weight is 365 g/mol. The van der Waals surface area contributed by atoms with E-state index in [0.29, 0.717) is 12.0 Å². The molecule has 136 valence electrons. The monoisotopic (exact) mass is 365 g/mol. The zero-order valence-corrected chi connectivity index (χ0v) is 15.2. The molecule has 1 N–H and O–H groups in total. The number of para-hydroxylation sites is 1. The number of hydrogen-bond acceptors (Lipinski definition) is 2. The molecule has 3 aromatic carbocycles. The molecule has 0 saturated heterocycles. The highest BCUT2D eigenvalue weighted by Gasteiger charge is 2.34. The maximum absolute atomic E-state index is 13.3. The Morgan fingerprint density at radius 1 is 0.893 bits per heavy atom. The number of nitrogens with one attached hydrogen (secondary N) is 1. The van der Waals surface area contributed by atoms with E-state index in [1.807, 2.05) is 79.0 Å². The molecule has 0 spiro atoms. The smallest absolute Gasteiger partial charge is 0.274 e. The number of aromatic amines is 1. The SMILES string of the molecule is O=C(c1ccccc1)N1N=C(c2ccccc2)CC1c1c[nH]c2ccccc12. The first-order valence-corrected chi connectivity index (χ1v) is 9.39. The lowest BCUT2D eigenvalue weighted by Crippen LogP contribution is -2.26. The average Bonchev–Trinajstić information content (AvgIpc) is 3.39. The first-order valence-electron chi connectivity index (χ1n) is 9.39. The minimum absolute atomic E-state index is 0.0817. The van der Waals surface area contributed by atoms with Gasteiger partial charge in [0.15, 0.2) is 0 Å². The summed E-state index contributed by atoms with van der Waals surface area (Å²) in [6.45, 7) is 0. The highest BCUT2D eigenvalue weighted by molar-refractivity contribution is 6.05. The summed E-state index contributed by atoms with van der Waals surface area (Å²) in [6, 6.07) is 27.5. The molecular weight excluding hydrogens is 346 g/mol. The van der Waals surface area contributed by atoms with Crippen LogP contribution >= 0.6 is 0 Å². The quantitative estimate of drug-likeness (QED) is 0.536. The highest BCUT2D eigenvalue weighted by Crippen LogP contribution is 2.37. The number of H-pyrrole nitrogens is 1. The van der Waals surface area contributed by atoms with Crippen LogP contribution in [-0.4, -0.2) is 21.6 Å². The lowest BCUT2D eigenvalue weighted by atomic mass is 9.97. The molecule has 0 saturated carbocycles. The third-order valence-electron chi connectivity index (χ3n) is 5.23. The van der Waals surface area contributed by atoms with Gasteiger partial charge >= 0.3 is 0 Å². The second-order valence-corrected chi connectivity index (χ2v) is 6.94. The third kappa shape index (κ3) is 2.79. The van der Waals surface area contributed by atoms with Gasteiger partial charge in [0, 0.05) is 34.6 Å². The largest absolute Gasteiger partial charge is 0.361 e. The number of carbonyl (C=O) groups excluding carboxylic acids is 1. The molecule has 0 aliphatic carbocycles. The van der Waals surface area contributed by atoms with Gasteiger partial charge in [0.1, 0.15) is 0 Å². The summed E-state index contributed by atoms with van der Waals surface area (Å²) in [4.78, 5) is 16.6. The maximum atomic E-state index is 13.3. The van der Waals surface area contributed by atoms with Crippen LogP contribution in [0.1, 0.15) is 33.9 Å². The van der Waals surface area contributed by atoms with Gasteiger partial charge < -0.3 is 4.98 Å². The van der Waals surface area contributed by atoms with E-state index in [-0.39, 0.29) is 11.9 Å². The molecular formula is C24H19N3O. The minimum Gasteiger partial charge on any atom is -0.361 e. The van der Waals surface area contributed by atoms with Crippen LogP contribution in [0.4, 0.5) is 0 Å². The molecule has 1 aromatic heterocycles. The number of hydrogen-bond donors (Lipinski definition) is 1. The van der Waals surface area contributed by atoms with Crippen molar-refractivity contribution >= 4 is 22.5 Å². The van der Waals surface area contributed by atoms with E-state index >= 15 is 0 Å². The molecule has 2 heterocycles. The fourth-order valence-electron chi connectivity index (χ4n) is 3.83. The molecule has 1 amide bonds. The molecule has 4 heteroatoms. The van der Waals surface area contributed by atoms with E-state index in [4.69, 9.17) is 5.10 Å². The summed E-state index contributed by atoms with van der Waals surface area (Å²) in [7, 11) is 0. The van der Waals surface area contributed by atoms with E-state index in [1.165, 1.54) is 0 Å². The first kappa shape index (κ1) is 16.5. The number of carbonyl (C=O) groups is 1. The van der Waals surface area contributed by atoms with E-state index in [2.05, 4.69) is 17.1 Å². The minimum atomic E-state index is -0.140. The Bertz CT molecular complexity index is 1160. The molecule has 1 unspecified atom stereocenters. The predicted molar refractivity (Wildman–Crippen MR) is 111 cm³/mol. The number of benzene rings is 3. The van der Waals surface area contributed by atoms with Gasteiger partial charge in [-0.1, -0.05) is 66.7 Å². The van der Waals surface area contributed by atoms with Crippen molar-refractivity contribution in [2.75, 3.05) is 0 Å². The van der Waals surface area contributed by atoms with Crippen LogP contribution in [0.15, 0.2) is 96.2 Å². The summed E-state index contributed by atoms with van der Waals surface area (Å²) in [5.74, 6) is -0.0817. The highest BCUT2D eigenvalue weighted by atomic mass is 16.2. The van der Waals surface area contributed by atoms with Gasteiger partial charge in [-0.15, -0.1) is 0 Å². The number of amides is 1. The Kier molecular flexibility index (Phi) is 4.02. The topological polar surface area (TPSA) is 48.5 Å². The second-order valence-electron chi connectivity index (χ2n) is 6.94. The van der Waals surface area contributed by atoms with Gasteiger partial charge in [0.05, 0.1) is 11.8 Å². The van der Waals surface area contributed by atoms with Crippen molar-refractivity contribution in [3.63, 3.8) is 0 Å². The van der Waals surface area contributed by atoms with Gasteiger partial charge in [-0.05, 0) is 23.8 Å². The van der Waals surface area contributed by atoms with Crippen LogP contribution in [0.25, 0.3) is 10.9 Å². The Balaban J connectivity index is 1.60. The molecule has 1 aliphatic rings. The van der Waals surface area contributed by atoms with Gasteiger partial charge in [-0.2, -0.15) is 5.10 Å². The van der Waals surface area contributed by atoms with E-state index in [9.17, 15) is 4.79 Å². The number of hydrazone groups is 1.